The lowest BCUT2D eigenvalue weighted by Gasteiger charge is -2.13. The molecule has 0 aliphatic carbocycles. The van der Waals surface area contributed by atoms with Crippen LogP contribution in [0.25, 0.3) is 67.8 Å². The molecule has 2 heterocycles. The summed E-state index contributed by atoms with van der Waals surface area (Å²) >= 11 is 0. The molecule has 0 N–H and O–H groups in total. The molecule has 0 fully saturated rings. The van der Waals surface area contributed by atoms with Gasteiger partial charge in [0.15, 0.2) is 23.3 Å². The summed E-state index contributed by atoms with van der Waals surface area (Å²) in [6.45, 7) is 3.78. The molecule has 0 unspecified atom stereocenters. The van der Waals surface area contributed by atoms with Crippen LogP contribution in [-0.4, -0.2) is 37.7 Å². The van der Waals surface area contributed by atoms with Gasteiger partial charge in [-0.3, -0.25) is 4.99 Å². The van der Waals surface area contributed by atoms with E-state index >= 15 is 0 Å². The third-order valence-corrected chi connectivity index (χ3v) is 8.08. The van der Waals surface area contributed by atoms with Crippen LogP contribution in [0.3, 0.4) is 0 Å². The molecule has 5 aromatic carbocycles. The van der Waals surface area contributed by atoms with Gasteiger partial charge in [-0.1, -0.05) is 128 Å². The summed E-state index contributed by atoms with van der Waals surface area (Å²) < 4.78 is 0. The SMILES string of the molecule is C=C/C=C\C(=NC)c1ccc(-c2cc(-c3ccc(-c4ncccn4)cc3)cc(-c3nc(-c4ccccc4)nc(-c4ccccc4)n3)c2)cc1. The first-order valence-electron chi connectivity index (χ1n) is 16.0. The van der Waals surface area contributed by atoms with Crippen LogP contribution in [0.2, 0.25) is 0 Å². The maximum absolute atomic E-state index is 5.03. The molecular weight excluding hydrogens is 601 g/mol. The molecule has 0 saturated carbocycles. The number of hydrogen-bond donors (Lipinski definition) is 0. The van der Waals surface area contributed by atoms with Crippen LogP contribution in [0.1, 0.15) is 5.56 Å². The fraction of sp³-hybridized carbons (Fsp3) is 0.0233. The van der Waals surface area contributed by atoms with E-state index in [0.717, 1.165) is 55.8 Å². The maximum atomic E-state index is 5.03. The van der Waals surface area contributed by atoms with Gasteiger partial charge < -0.3 is 0 Å². The van der Waals surface area contributed by atoms with Gasteiger partial charge in [0.2, 0.25) is 0 Å². The van der Waals surface area contributed by atoms with Crippen LogP contribution in [0, 0.1) is 0 Å². The van der Waals surface area contributed by atoms with E-state index in [1.807, 2.05) is 78.9 Å². The van der Waals surface area contributed by atoms with E-state index in [1.165, 1.54) is 0 Å². The van der Waals surface area contributed by atoms with Crippen molar-refractivity contribution in [3.05, 3.63) is 176 Å². The lowest BCUT2D eigenvalue weighted by Crippen LogP contribution is -2.00. The highest BCUT2D eigenvalue weighted by atomic mass is 15.0. The van der Waals surface area contributed by atoms with Gasteiger partial charge in [-0.25, -0.2) is 24.9 Å². The predicted molar refractivity (Wildman–Crippen MR) is 200 cm³/mol. The Balaban J connectivity index is 1.38. The van der Waals surface area contributed by atoms with E-state index in [9.17, 15) is 0 Å². The van der Waals surface area contributed by atoms with Crippen molar-refractivity contribution in [1.29, 1.82) is 0 Å². The Bertz CT molecular complexity index is 2200. The standard InChI is InChI=1S/C43H32N6/c1-3-4-16-39(44-2)32-21-17-30(18-22-32)36-27-37(31-19-23-35(24-20-31)40-45-25-11-26-46-40)29-38(28-36)43-48-41(33-12-7-5-8-13-33)47-42(49-43)34-14-9-6-10-15-34/h3-29H,1H2,2H3/b16-4-,44-39?. The van der Waals surface area contributed by atoms with E-state index in [0.29, 0.717) is 23.3 Å². The lowest BCUT2D eigenvalue weighted by atomic mass is 9.94. The number of hydrogen-bond acceptors (Lipinski definition) is 6. The Labute approximate surface area is 286 Å². The molecule has 7 rings (SSSR count). The number of allylic oxidation sites excluding steroid dienone is 3. The first-order chi connectivity index (χ1) is 24.2. The monoisotopic (exact) mass is 632 g/mol. The van der Waals surface area contributed by atoms with Gasteiger partial charge in [0, 0.05) is 41.7 Å². The summed E-state index contributed by atoms with van der Waals surface area (Å²) in [4.78, 5) is 28.2. The van der Waals surface area contributed by atoms with Crippen molar-refractivity contribution >= 4 is 5.71 Å². The van der Waals surface area contributed by atoms with E-state index in [2.05, 4.69) is 88.3 Å². The summed E-state index contributed by atoms with van der Waals surface area (Å²) in [6, 6.07) is 45.1. The summed E-state index contributed by atoms with van der Waals surface area (Å²) in [5.41, 5.74) is 9.77. The highest BCUT2D eigenvalue weighted by Crippen LogP contribution is 2.34. The molecular formula is C43H32N6. The smallest absolute Gasteiger partial charge is 0.164 e. The minimum Gasteiger partial charge on any atom is -0.288 e. The molecule has 0 saturated heterocycles. The van der Waals surface area contributed by atoms with Gasteiger partial charge in [-0.05, 0) is 58.2 Å². The molecule has 6 heteroatoms. The van der Waals surface area contributed by atoms with Crippen LogP contribution in [0.5, 0.6) is 0 Å². The lowest BCUT2D eigenvalue weighted by molar-refractivity contribution is 1.07. The van der Waals surface area contributed by atoms with E-state index < -0.39 is 0 Å². The van der Waals surface area contributed by atoms with Crippen LogP contribution in [0.15, 0.2) is 176 Å². The Kier molecular flexibility index (Phi) is 9.10. The third kappa shape index (κ3) is 7.04. The van der Waals surface area contributed by atoms with E-state index in [-0.39, 0.29) is 0 Å². The fourth-order valence-electron chi connectivity index (χ4n) is 5.58. The summed E-state index contributed by atoms with van der Waals surface area (Å²) in [5.74, 6) is 2.52. The van der Waals surface area contributed by atoms with Gasteiger partial charge in [-0.2, -0.15) is 0 Å². The molecule has 0 radical (unpaired) electrons. The highest BCUT2D eigenvalue weighted by molar-refractivity contribution is 6.09. The number of rotatable bonds is 9. The third-order valence-electron chi connectivity index (χ3n) is 8.08. The number of nitrogens with zero attached hydrogens (tertiary/aromatic N) is 6. The average Bonchev–Trinajstić information content (AvgIpc) is 3.19. The Morgan fingerprint density at radius 1 is 0.490 bits per heavy atom. The fourth-order valence-corrected chi connectivity index (χ4v) is 5.58. The molecule has 0 bridgehead atoms. The normalized spacial score (nSPS) is 11.5. The molecule has 0 spiro atoms. The molecule has 6 nitrogen and oxygen atoms in total. The number of aromatic nitrogens is 5. The Hall–Kier alpha value is -6.66. The molecule has 0 aliphatic rings. The van der Waals surface area contributed by atoms with Crippen LogP contribution < -0.4 is 0 Å². The van der Waals surface area contributed by atoms with Crippen LogP contribution in [0.4, 0.5) is 0 Å². The largest absolute Gasteiger partial charge is 0.288 e. The molecule has 234 valence electrons. The zero-order valence-corrected chi connectivity index (χ0v) is 27.0. The molecule has 49 heavy (non-hydrogen) atoms. The molecule has 0 aliphatic heterocycles. The average molecular weight is 633 g/mol. The highest BCUT2D eigenvalue weighted by Gasteiger charge is 2.15. The minimum absolute atomic E-state index is 0.594. The summed E-state index contributed by atoms with van der Waals surface area (Å²) in [7, 11) is 1.80. The second-order valence-corrected chi connectivity index (χ2v) is 11.3. The predicted octanol–water partition coefficient (Wildman–Crippen LogP) is 9.82. The summed E-state index contributed by atoms with van der Waals surface area (Å²) in [6.07, 6.45) is 9.11. The van der Waals surface area contributed by atoms with Gasteiger partial charge in [0.1, 0.15) is 0 Å². The van der Waals surface area contributed by atoms with Crippen molar-refractivity contribution in [3.8, 4) is 67.8 Å². The summed E-state index contributed by atoms with van der Waals surface area (Å²) in [5, 5.41) is 0. The van der Waals surface area contributed by atoms with Crippen molar-refractivity contribution in [2.24, 2.45) is 4.99 Å². The van der Waals surface area contributed by atoms with Crippen molar-refractivity contribution in [1.82, 2.24) is 24.9 Å². The molecule has 0 atom stereocenters. The molecule has 0 amide bonds. The van der Waals surface area contributed by atoms with Crippen molar-refractivity contribution in [2.75, 3.05) is 7.05 Å². The quantitative estimate of drug-likeness (QED) is 0.117. The first-order valence-corrected chi connectivity index (χ1v) is 16.0. The zero-order valence-electron chi connectivity index (χ0n) is 27.0. The second kappa shape index (κ2) is 14.4. The number of aliphatic imine (C=N–C) groups is 1. The Morgan fingerprint density at radius 2 is 0.939 bits per heavy atom. The van der Waals surface area contributed by atoms with Crippen LogP contribution in [-0.2, 0) is 0 Å². The first kappa shape index (κ1) is 31.0. The minimum atomic E-state index is 0.594. The van der Waals surface area contributed by atoms with E-state index in [4.69, 9.17) is 15.0 Å². The van der Waals surface area contributed by atoms with Gasteiger partial charge in [0.05, 0.1) is 5.71 Å². The maximum Gasteiger partial charge on any atom is 0.164 e. The molecule has 2 aromatic heterocycles. The van der Waals surface area contributed by atoms with Crippen LogP contribution >= 0.6 is 0 Å². The van der Waals surface area contributed by atoms with Gasteiger partial charge in [0.25, 0.3) is 0 Å². The zero-order chi connectivity index (χ0) is 33.4. The Morgan fingerprint density at radius 3 is 1.45 bits per heavy atom. The van der Waals surface area contributed by atoms with Crippen molar-refractivity contribution in [3.63, 3.8) is 0 Å². The van der Waals surface area contributed by atoms with Crippen molar-refractivity contribution in [2.45, 2.75) is 0 Å². The van der Waals surface area contributed by atoms with Crippen molar-refractivity contribution < 1.29 is 0 Å². The molecule has 7 aromatic rings. The topological polar surface area (TPSA) is 76.8 Å². The van der Waals surface area contributed by atoms with Gasteiger partial charge in [-0.15, -0.1) is 0 Å². The number of benzene rings is 5. The van der Waals surface area contributed by atoms with Gasteiger partial charge >= 0.3 is 0 Å². The second-order valence-electron chi connectivity index (χ2n) is 11.3. The van der Waals surface area contributed by atoms with E-state index in [1.54, 1.807) is 25.5 Å².